The van der Waals surface area contributed by atoms with Crippen molar-refractivity contribution in [3.63, 3.8) is 0 Å². The summed E-state index contributed by atoms with van der Waals surface area (Å²) in [6.07, 6.45) is 1.58. The fraction of sp³-hybridized carbons (Fsp3) is 0.714. The van der Waals surface area contributed by atoms with Crippen LogP contribution in [0.15, 0.2) is 4.99 Å². The molecule has 0 aromatic rings. The molecule has 0 aromatic heterocycles. The summed E-state index contributed by atoms with van der Waals surface area (Å²) in [7, 11) is 0. The van der Waals surface area contributed by atoms with Gasteiger partial charge in [0.15, 0.2) is 5.96 Å². The molecule has 0 aliphatic carbocycles. The molecule has 2 aliphatic heterocycles. The van der Waals surface area contributed by atoms with Crippen molar-refractivity contribution < 1.29 is 9.90 Å². The molecule has 0 spiro atoms. The number of aliphatic imine (C=N–C) groups is 1. The zero-order chi connectivity index (χ0) is 8.72. The molecule has 5 nitrogen and oxygen atoms in total. The Morgan fingerprint density at radius 3 is 3.08 bits per heavy atom. The molecule has 2 heterocycles. The lowest BCUT2D eigenvalue weighted by atomic mass is 10.2. The highest BCUT2D eigenvalue weighted by molar-refractivity contribution is 5.87. The van der Waals surface area contributed by atoms with E-state index in [0.29, 0.717) is 18.9 Å². The fourth-order valence-electron chi connectivity index (χ4n) is 1.93. The van der Waals surface area contributed by atoms with Gasteiger partial charge in [0.2, 0.25) is 0 Å². The number of carbonyl (C=O) groups is 1. The highest BCUT2D eigenvalue weighted by Crippen LogP contribution is 2.27. The normalized spacial score (nSPS) is 33.3. The van der Waals surface area contributed by atoms with Crippen LogP contribution in [0.5, 0.6) is 0 Å². The third kappa shape index (κ3) is 0.855. The van der Waals surface area contributed by atoms with Crippen LogP contribution in [0.4, 0.5) is 0 Å². The van der Waals surface area contributed by atoms with Crippen LogP contribution in [0.1, 0.15) is 12.8 Å². The highest BCUT2D eigenvalue weighted by Gasteiger charge is 2.41. The van der Waals surface area contributed by atoms with Gasteiger partial charge >= 0.3 is 5.97 Å². The van der Waals surface area contributed by atoms with Crippen molar-refractivity contribution in [2.45, 2.75) is 24.9 Å². The molecule has 12 heavy (non-hydrogen) atoms. The van der Waals surface area contributed by atoms with E-state index in [1.807, 2.05) is 0 Å². The van der Waals surface area contributed by atoms with E-state index in [4.69, 9.17) is 10.8 Å². The number of fused-ring (bicyclic) bond motifs is 1. The van der Waals surface area contributed by atoms with Gasteiger partial charge in [-0.1, -0.05) is 0 Å². The third-order valence-corrected chi connectivity index (χ3v) is 2.52. The Morgan fingerprint density at radius 2 is 2.42 bits per heavy atom. The molecule has 1 fully saturated rings. The second-order valence-corrected chi connectivity index (χ2v) is 3.19. The Hall–Kier alpha value is -1.26. The van der Waals surface area contributed by atoms with Gasteiger partial charge in [-0.15, -0.1) is 0 Å². The smallest absolute Gasteiger partial charge is 0.326 e. The van der Waals surface area contributed by atoms with Gasteiger partial charge in [0, 0.05) is 0 Å². The molecule has 2 atom stereocenters. The number of hydrogen-bond donors (Lipinski definition) is 2. The maximum absolute atomic E-state index is 10.7. The van der Waals surface area contributed by atoms with Crippen molar-refractivity contribution in [1.82, 2.24) is 4.90 Å². The molecule has 0 radical (unpaired) electrons. The van der Waals surface area contributed by atoms with Gasteiger partial charge in [-0.2, -0.15) is 0 Å². The van der Waals surface area contributed by atoms with Crippen LogP contribution in [0.2, 0.25) is 0 Å². The van der Waals surface area contributed by atoms with E-state index in [1.54, 1.807) is 4.90 Å². The minimum atomic E-state index is -0.794. The molecule has 5 heteroatoms. The molecule has 3 N–H and O–H groups in total. The average Bonchev–Trinajstić information content (AvgIpc) is 2.53. The third-order valence-electron chi connectivity index (χ3n) is 2.52. The maximum atomic E-state index is 10.7. The summed E-state index contributed by atoms with van der Waals surface area (Å²) in [5.74, 6) is -0.401. The van der Waals surface area contributed by atoms with E-state index in [2.05, 4.69) is 4.99 Å². The zero-order valence-electron chi connectivity index (χ0n) is 6.60. The first-order valence-corrected chi connectivity index (χ1v) is 4.01. The molecule has 2 aliphatic rings. The number of rotatable bonds is 1. The van der Waals surface area contributed by atoms with Gasteiger partial charge in [0.05, 0.1) is 12.6 Å². The first kappa shape index (κ1) is 7.39. The summed E-state index contributed by atoms with van der Waals surface area (Å²) in [5, 5.41) is 8.83. The summed E-state index contributed by atoms with van der Waals surface area (Å²) in [6, 6.07) is -0.202. The first-order chi connectivity index (χ1) is 5.70. The van der Waals surface area contributed by atoms with Crippen molar-refractivity contribution in [1.29, 1.82) is 0 Å². The molecule has 0 unspecified atom stereocenters. The largest absolute Gasteiger partial charge is 0.480 e. The van der Waals surface area contributed by atoms with Crippen LogP contribution in [-0.4, -0.2) is 40.6 Å². The molecule has 0 saturated carbocycles. The van der Waals surface area contributed by atoms with Crippen molar-refractivity contribution in [2.24, 2.45) is 10.7 Å². The minimum absolute atomic E-state index is 0.242. The summed E-state index contributed by atoms with van der Waals surface area (Å²) < 4.78 is 0. The zero-order valence-corrected chi connectivity index (χ0v) is 6.60. The molecule has 0 aromatic carbocycles. The lowest BCUT2D eigenvalue weighted by Crippen LogP contribution is -2.45. The fourth-order valence-corrected chi connectivity index (χ4v) is 1.93. The quantitative estimate of drug-likeness (QED) is 0.540. The van der Waals surface area contributed by atoms with Gasteiger partial charge in [0.1, 0.15) is 6.04 Å². The van der Waals surface area contributed by atoms with Crippen LogP contribution in [0, 0.1) is 0 Å². The van der Waals surface area contributed by atoms with E-state index >= 15 is 0 Å². The Balaban J connectivity index is 2.20. The lowest BCUT2D eigenvalue weighted by molar-refractivity contribution is -0.141. The molecule has 0 amide bonds. The highest BCUT2D eigenvalue weighted by atomic mass is 16.4. The van der Waals surface area contributed by atoms with Crippen molar-refractivity contribution >= 4 is 11.9 Å². The summed E-state index contributed by atoms with van der Waals surface area (Å²) in [4.78, 5) is 16.5. The van der Waals surface area contributed by atoms with Gasteiger partial charge in [-0.05, 0) is 12.8 Å². The Morgan fingerprint density at radius 1 is 1.67 bits per heavy atom. The molecular formula is C7H11N3O2. The number of nitrogens with zero attached hydrogens (tertiary/aromatic N) is 2. The standard InChI is InChI=1S/C7H11N3O2/c8-7-9-3-4-1-2-5(6(11)12)10(4)7/h4-5H,1-3H2,(H2,8,9)(H,11,12)/t4-,5-/m0/s1. The Bertz CT molecular complexity index is 251. The number of aliphatic carboxylic acids is 1. The van der Waals surface area contributed by atoms with Crippen molar-refractivity contribution in [3.05, 3.63) is 0 Å². The van der Waals surface area contributed by atoms with Gasteiger partial charge in [-0.3, -0.25) is 4.99 Å². The number of guanidine groups is 1. The molecule has 66 valence electrons. The second-order valence-electron chi connectivity index (χ2n) is 3.19. The average molecular weight is 169 g/mol. The van der Waals surface area contributed by atoms with Gasteiger partial charge in [-0.25, -0.2) is 4.79 Å². The predicted octanol–water partition coefficient (Wildman–Crippen LogP) is -0.768. The second kappa shape index (κ2) is 2.36. The van der Waals surface area contributed by atoms with E-state index in [-0.39, 0.29) is 6.04 Å². The van der Waals surface area contributed by atoms with Crippen LogP contribution in [0.25, 0.3) is 0 Å². The van der Waals surface area contributed by atoms with Crippen molar-refractivity contribution in [3.8, 4) is 0 Å². The van der Waals surface area contributed by atoms with Crippen LogP contribution in [0.3, 0.4) is 0 Å². The van der Waals surface area contributed by atoms with Gasteiger partial charge < -0.3 is 15.7 Å². The molecular weight excluding hydrogens is 158 g/mol. The molecule has 1 saturated heterocycles. The van der Waals surface area contributed by atoms with E-state index in [1.165, 1.54) is 0 Å². The number of nitrogens with two attached hydrogens (primary N) is 1. The number of carboxylic acid groups (broad SMARTS) is 1. The van der Waals surface area contributed by atoms with Crippen LogP contribution in [-0.2, 0) is 4.79 Å². The topological polar surface area (TPSA) is 78.9 Å². The van der Waals surface area contributed by atoms with Crippen LogP contribution < -0.4 is 5.73 Å². The predicted molar refractivity (Wildman–Crippen MR) is 42.8 cm³/mol. The monoisotopic (exact) mass is 169 g/mol. The molecule has 0 bridgehead atoms. The minimum Gasteiger partial charge on any atom is -0.480 e. The van der Waals surface area contributed by atoms with Crippen LogP contribution >= 0.6 is 0 Å². The van der Waals surface area contributed by atoms with Crippen molar-refractivity contribution in [2.75, 3.05) is 6.54 Å². The van der Waals surface area contributed by atoms with E-state index in [9.17, 15) is 4.79 Å². The Labute approximate surface area is 69.9 Å². The molecule has 2 rings (SSSR count). The summed E-state index contributed by atoms with van der Waals surface area (Å²) >= 11 is 0. The summed E-state index contributed by atoms with van der Waals surface area (Å²) in [5.41, 5.74) is 5.56. The maximum Gasteiger partial charge on any atom is 0.326 e. The van der Waals surface area contributed by atoms with Gasteiger partial charge in [0.25, 0.3) is 0 Å². The lowest BCUT2D eigenvalue weighted by Gasteiger charge is -2.22. The van der Waals surface area contributed by atoms with E-state index in [0.717, 1.165) is 6.42 Å². The SMILES string of the molecule is NC1=NC[C@@H]2CC[C@@H](C(=O)O)N12. The van der Waals surface area contributed by atoms with E-state index < -0.39 is 12.0 Å². The Kier molecular flexibility index (Phi) is 1.46. The number of carboxylic acids is 1. The summed E-state index contributed by atoms with van der Waals surface area (Å²) in [6.45, 7) is 0.662. The first-order valence-electron chi connectivity index (χ1n) is 4.01. The number of hydrogen-bond acceptors (Lipinski definition) is 4.